The van der Waals surface area contributed by atoms with Crippen molar-refractivity contribution in [2.45, 2.75) is 31.1 Å². The molecular formula is C21H17N5O4. The van der Waals surface area contributed by atoms with Crippen molar-refractivity contribution in [2.24, 2.45) is 0 Å². The molecule has 2 aliphatic rings. The van der Waals surface area contributed by atoms with E-state index >= 15 is 0 Å². The van der Waals surface area contributed by atoms with Gasteiger partial charge in [-0.3, -0.25) is 30.6 Å². The SMILES string of the molecule is O=C(NNC(=O)c1ccccc1[N+](=O)[O-])c1ccc2nc3c(nc2c1)C1CCC3C1. The summed E-state index contributed by atoms with van der Waals surface area (Å²) in [5.41, 5.74) is 7.86. The zero-order valence-corrected chi connectivity index (χ0v) is 15.8. The van der Waals surface area contributed by atoms with Gasteiger partial charge < -0.3 is 0 Å². The normalized spacial score (nSPS) is 18.8. The maximum absolute atomic E-state index is 12.5. The Balaban J connectivity index is 1.34. The molecule has 0 saturated heterocycles. The first-order chi connectivity index (χ1) is 14.5. The molecule has 2 bridgehead atoms. The molecule has 1 heterocycles. The second kappa shape index (κ2) is 6.87. The molecule has 0 radical (unpaired) electrons. The molecule has 2 N–H and O–H groups in total. The predicted molar refractivity (Wildman–Crippen MR) is 107 cm³/mol. The summed E-state index contributed by atoms with van der Waals surface area (Å²) in [6.07, 6.45) is 3.41. The van der Waals surface area contributed by atoms with Crippen LogP contribution in [0.2, 0.25) is 0 Å². The third-order valence-electron chi connectivity index (χ3n) is 5.82. The number of nitro groups is 1. The number of hydrazine groups is 1. The summed E-state index contributed by atoms with van der Waals surface area (Å²) in [5.74, 6) is -0.361. The van der Waals surface area contributed by atoms with E-state index < -0.39 is 16.7 Å². The largest absolute Gasteiger partial charge is 0.282 e. The fourth-order valence-electron chi connectivity index (χ4n) is 4.38. The number of hydrogen-bond acceptors (Lipinski definition) is 6. The highest BCUT2D eigenvalue weighted by molar-refractivity contribution is 6.02. The third-order valence-corrected chi connectivity index (χ3v) is 5.82. The van der Waals surface area contributed by atoms with Crippen LogP contribution in [0.25, 0.3) is 11.0 Å². The molecule has 9 nitrogen and oxygen atoms in total. The monoisotopic (exact) mass is 403 g/mol. The highest BCUT2D eigenvalue weighted by Crippen LogP contribution is 2.51. The third kappa shape index (κ3) is 2.95. The van der Waals surface area contributed by atoms with Gasteiger partial charge in [0, 0.05) is 23.5 Å². The van der Waals surface area contributed by atoms with Crippen molar-refractivity contribution in [2.75, 3.05) is 0 Å². The van der Waals surface area contributed by atoms with E-state index in [1.807, 2.05) is 0 Å². The number of aromatic nitrogens is 2. The smallest absolute Gasteiger partial charge is 0.267 e. The summed E-state index contributed by atoms with van der Waals surface area (Å²) in [6, 6.07) is 10.5. The number of nitrogens with one attached hydrogen (secondary N) is 2. The summed E-state index contributed by atoms with van der Waals surface area (Å²) < 4.78 is 0. The zero-order chi connectivity index (χ0) is 20.8. The van der Waals surface area contributed by atoms with Crippen molar-refractivity contribution in [1.82, 2.24) is 20.8 Å². The first-order valence-corrected chi connectivity index (χ1v) is 9.67. The van der Waals surface area contributed by atoms with Gasteiger partial charge in [-0.25, -0.2) is 9.97 Å². The molecule has 2 atom stereocenters. The van der Waals surface area contributed by atoms with Gasteiger partial charge in [-0.15, -0.1) is 0 Å². The predicted octanol–water partition coefficient (Wildman–Crippen LogP) is 2.98. The van der Waals surface area contributed by atoms with Crippen LogP contribution < -0.4 is 10.9 Å². The second-order valence-electron chi connectivity index (χ2n) is 7.59. The number of amides is 2. The first-order valence-electron chi connectivity index (χ1n) is 9.67. The van der Waals surface area contributed by atoms with E-state index in [-0.39, 0.29) is 11.3 Å². The Morgan fingerprint density at radius 1 is 0.933 bits per heavy atom. The summed E-state index contributed by atoms with van der Waals surface area (Å²) in [7, 11) is 0. The molecule has 5 rings (SSSR count). The number of nitro benzene ring substituents is 1. The maximum atomic E-state index is 12.5. The molecule has 0 spiro atoms. The van der Waals surface area contributed by atoms with E-state index in [9.17, 15) is 19.7 Å². The average molecular weight is 403 g/mol. The lowest BCUT2D eigenvalue weighted by Crippen LogP contribution is -2.41. The van der Waals surface area contributed by atoms with E-state index in [1.54, 1.807) is 18.2 Å². The minimum absolute atomic E-state index is 0.141. The van der Waals surface area contributed by atoms with Crippen molar-refractivity contribution >= 4 is 28.5 Å². The van der Waals surface area contributed by atoms with E-state index in [1.165, 1.54) is 24.3 Å². The Labute approximate surface area is 170 Å². The van der Waals surface area contributed by atoms with Crippen LogP contribution in [0.5, 0.6) is 0 Å². The molecular weight excluding hydrogens is 386 g/mol. The number of benzene rings is 2. The first kappa shape index (κ1) is 18.2. The van der Waals surface area contributed by atoms with E-state index in [0.29, 0.717) is 22.9 Å². The van der Waals surface area contributed by atoms with Gasteiger partial charge in [-0.05, 0) is 43.5 Å². The lowest BCUT2D eigenvalue weighted by Gasteiger charge is -2.14. The Kier molecular flexibility index (Phi) is 4.16. The second-order valence-corrected chi connectivity index (χ2v) is 7.59. The Bertz CT molecular complexity index is 1230. The quantitative estimate of drug-likeness (QED) is 0.511. The fraction of sp³-hybridized carbons (Fsp3) is 0.238. The van der Waals surface area contributed by atoms with Crippen LogP contribution in [0, 0.1) is 10.1 Å². The Morgan fingerprint density at radius 3 is 2.33 bits per heavy atom. The standard InChI is InChI=1S/C21H17N5O4/c27-20(24-25-21(28)14-3-1-2-4-17(14)26(29)30)13-7-8-15-16(10-13)23-19-12-6-5-11(9-12)18(19)22-15/h1-4,7-8,10-12H,5-6,9H2,(H,24,27)(H,25,28). The minimum atomic E-state index is -0.773. The number of fused-ring (bicyclic) bond motifs is 6. The zero-order valence-electron chi connectivity index (χ0n) is 15.8. The topological polar surface area (TPSA) is 127 Å². The number of para-hydroxylation sites is 1. The van der Waals surface area contributed by atoms with Crippen LogP contribution >= 0.6 is 0 Å². The number of carbonyl (C=O) groups excluding carboxylic acids is 2. The molecule has 1 fully saturated rings. The summed E-state index contributed by atoms with van der Waals surface area (Å²) in [6.45, 7) is 0. The molecule has 2 amide bonds. The highest BCUT2D eigenvalue weighted by atomic mass is 16.6. The van der Waals surface area contributed by atoms with Crippen LogP contribution in [0.3, 0.4) is 0 Å². The molecule has 9 heteroatoms. The van der Waals surface area contributed by atoms with Gasteiger partial charge in [-0.1, -0.05) is 12.1 Å². The van der Waals surface area contributed by atoms with Gasteiger partial charge in [0.15, 0.2) is 0 Å². The van der Waals surface area contributed by atoms with E-state index in [0.717, 1.165) is 36.2 Å². The molecule has 1 aromatic heterocycles. The molecule has 2 unspecified atom stereocenters. The lowest BCUT2D eigenvalue weighted by atomic mass is 10.00. The summed E-state index contributed by atoms with van der Waals surface area (Å²) in [5, 5.41) is 11.1. The molecule has 3 aromatic rings. The van der Waals surface area contributed by atoms with Crippen molar-refractivity contribution in [1.29, 1.82) is 0 Å². The van der Waals surface area contributed by atoms with Gasteiger partial charge >= 0.3 is 0 Å². The fourth-order valence-corrected chi connectivity index (χ4v) is 4.38. The van der Waals surface area contributed by atoms with E-state index in [2.05, 4.69) is 10.9 Å². The number of rotatable bonds is 3. The Hall–Kier alpha value is -3.88. The maximum Gasteiger partial charge on any atom is 0.282 e. The van der Waals surface area contributed by atoms with Crippen molar-refractivity contribution < 1.29 is 14.5 Å². The van der Waals surface area contributed by atoms with Gasteiger partial charge in [-0.2, -0.15) is 0 Å². The highest BCUT2D eigenvalue weighted by Gasteiger charge is 2.39. The Morgan fingerprint density at radius 2 is 1.60 bits per heavy atom. The van der Waals surface area contributed by atoms with Crippen LogP contribution in [0.15, 0.2) is 42.5 Å². The lowest BCUT2D eigenvalue weighted by molar-refractivity contribution is -0.385. The van der Waals surface area contributed by atoms with Crippen LogP contribution in [0.1, 0.15) is 63.2 Å². The molecule has 2 aliphatic carbocycles. The van der Waals surface area contributed by atoms with Gasteiger partial charge in [0.05, 0.1) is 27.3 Å². The van der Waals surface area contributed by atoms with Crippen molar-refractivity contribution in [3.05, 3.63) is 75.1 Å². The van der Waals surface area contributed by atoms with E-state index in [4.69, 9.17) is 9.97 Å². The molecule has 150 valence electrons. The number of hydrogen-bond donors (Lipinski definition) is 2. The van der Waals surface area contributed by atoms with Gasteiger partial charge in [0.2, 0.25) is 0 Å². The van der Waals surface area contributed by atoms with Crippen LogP contribution in [-0.4, -0.2) is 26.7 Å². The van der Waals surface area contributed by atoms with Crippen molar-refractivity contribution in [3.63, 3.8) is 0 Å². The number of nitrogens with zero attached hydrogens (tertiary/aromatic N) is 3. The molecule has 2 aromatic carbocycles. The summed E-state index contributed by atoms with van der Waals surface area (Å²) >= 11 is 0. The molecule has 0 aliphatic heterocycles. The molecule has 1 saturated carbocycles. The average Bonchev–Trinajstić information content (AvgIpc) is 3.38. The van der Waals surface area contributed by atoms with Crippen LogP contribution in [0.4, 0.5) is 5.69 Å². The summed E-state index contributed by atoms with van der Waals surface area (Å²) in [4.78, 5) is 44.7. The number of carbonyl (C=O) groups is 2. The van der Waals surface area contributed by atoms with Crippen LogP contribution in [-0.2, 0) is 0 Å². The minimum Gasteiger partial charge on any atom is -0.267 e. The molecule has 30 heavy (non-hydrogen) atoms. The van der Waals surface area contributed by atoms with Crippen molar-refractivity contribution in [3.8, 4) is 0 Å². The van der Waals surface area contributed by atoms with Gasteiger partial charge in [0.25, 0.3) is 17.5 Å². The van der Waals surface area contributed by atoms with Gasteiger partial charge in [0.1, 0.15) is 5.56 Å².